The number of benzene rings is 10. The molecule has 0 aromatic heterocycles. The highest BCUT2D eigenvalue weighted by atomic mass is 14.4. The molecule has 0 saturated carbocycles. The first-order valence-electron chi connectivity index (χ1n) is 19.3. The molecule has 0 fully saturated rings. The zero-order valence-electron chi connectivity index (χ0n) is 31.0. The molecule has 0 atom stereocenters. The predicted molar refractivity (Wildman–Crippen MR) is 236 cm³/mol. The lowest BCUT2D eigenvalue weighted by Crippen LogP contribution is -2.14. The third-order valence-corrected chi connectivity index (χ3v) is 12.2. The Balaban J connectivity index is 1.26. The minimum Gasteiger partial charge on any atom is -0.0622 e. The van der Waals surface area contributed by atoms with E-state index in [0.717, 1.165) is 0 Å². The number of rotatable bonds is 4. The van der Waals surface area contributed by atoms with Crippen molar-refractivity contribution >= 4 is 43.1 Å². The number of fused-ring (bicyclic) bond motifs is 7. The Morgan fingerprint density at radius 2 is 0.745 bits per heavy atom. The zero-order valence-corrected chi connectivity index (χ0v) is 31.0. The maximum absolute atomic E-state index is 2.54. The minimum absolute atomic E-state index is 0.124. The molecule has 0 saturated heterocycles. The van der Waals surface area contributed by atoms with Crippen LogP contribution < -0.4 is 0 Å². The Kier molecular flexibility index (Phi) is 7.00. The van der Waals surface area contributed by atoms with E-state index < -0.39 is 0 Å². The van der Waals surface area contributed by atoms with Crippen LogP contribution in [-0.4, -0.2) is 0 Å². The maximum atomic E-state index is 2.54. The Morgan fingerprint density at radius 1 is 0.273 bits per heavy atom. The minimum atomic E-state index is -0.124. The third-order valence-electron chi connectivity index (χ3n) is 12.2. The molecule has 0 heteroatoms. The van der Waals surface area contributed by atoms with E-state index >= 15 is 0 Å². The van der Waals surface area contributed by atoms with Crippen LogP contribution in [0.4, 0.5) is 0 Å². The van der Waals surface area contributed by atoms with Crippen molar-refractivity contribution in [2.24, 2.45) is 0 Å². The second kappa shape index (κ2) is 12.1. The first kappa shape index (κ1) is 31.7. The van der Waals surface area contributed by atoms with Gasteiger partial charge in [-0.25, -0.2) is 0 Å². The average Bonchev–Trinajstić information content (AvgIpc) is 3.46. The van der Waals surface area contributed by atoms with Crippen molar-refractivity contribution in [3.05, 3.63) is 205 Å². The summed E-state index contributed by atoms with van der Waals surface area (Å²) in [6, 6.07) is 72.4. The summed E-state index contributed by atoms with van der Waals surface area (Å²) in [7, 11) is 0. The second-order valence-electron chi connectivity index (χ2n) is 15.7. The molecule has 0 amide bonds. The average molecular weight is 699 g/mol. The van der Waals surface area contributed by atoms with Gasteiger partial charge in [-0.3, -0.25) is 0 Å². The highest BCUT2D eigenvalue weighted by molar-refractivity contribution is 6.23. The van der Waals surface area contributed by atoms with E-state index in [-0.39, 0.29) is 5.41 Å². The van der Waals surface area contributed by atoms with E-state index in [1.807, 2.05) is 0 Å². The van der Waals surface area contributed by atoms with Crippen LogP contribution in [0.15, 0.2) is 194 Å². The fraction of sp³-hybridized carbons (Fsp3) is 0.0545. The summed E-state index contributed by atoms with van der Waals surface area (Å²) in [4.78, 5) is 0. The molecule has 258 valence electrons. The molecule has 0 unspecified atom stereocenters. The van der Waals surface area contributed by atoms with Gasteiger partial charge in [-0.15, -0.1) is 0 Å². The molecule has 0 radical (unpaired) electrons. The van der Waals surface area contributed by atoms with E-state index in [1.54, 1.807) is 0 Å². The lowest BCUT2D eigenvalue weighted by molar-refractivity contribution is 0.661. The van der Waals surface area contributed by atoms with Gasteiger partial charge in [0.15, 0.2) is 0 Å². The first-order valence-corrected chi connectivity index (χ1v) is 19.3. The van der Waals surface area contributed by atoms with Gasteiger partial charge >= 0.3 is 0 Å². The van der Waals surface area contributed by atoms with E-state index in [4.69, 9.17) is 0 Å². The second-order valence-corrected chi connectivity index (χ2v) is 15.7. The van der Waals surface area contributed by atoms with Crippen LogP contribution in [0.2, 0.25) is 0 Å². The molecule has 0 heterocycles. The van der Waals surface area contributed by atoms with Crippen LogP contribution in [0.25, 0.3) is 98.7 Å². The van der Waals surface area contributed by atoms with Crippen molar-refractivity contribution in [2.45, 2.75) is 19.3 Å². The van der Waals surface area contributed by atoms with E-state index in [9.17, 15) is 0 Å². The Morgan fingerprint density at radius 3 is 1.42 bits per heavy atom. The van der Waals surface area contributed by atoms with Crippen LogP contribution in [0.1, 0.15) is 25.0 Å². The van der Waals surface area contributed by atoms with Gasteiger partial charge in [-0.1, -0.05) is 178 Å². The normalized spacial score (nSPS) is 13.1. The van der Waals surface area contributed by atoms with Crippen LogP contribution >= 0.6 is 0 Å². The molecule has 0 N–H and O–H groups in total. The third kappa shape index (κ3) is 4.99. The summed E-state index contributed by atoms with van der Waals surface area (Å²) in [5.74, 6) is 0. The number of hydrogen-bond acceptors (Lipinski definition) is 0. The van der Waals surface area contributed by atoms with Crippen LogP contribution in [0.3, 0.4) is 0 Å². The van der Waals surface area contributed by atoms with Gasteiger partial charge in [0, 0.05) is 5.41 Å². The topological polar surface area (TPSA) is 0 Å². The molecule has 1 aliphatic carbocycles. The molecule has 0 bridgehead atoms. The van der Waals surface area contributed by atoms with Crippen LogP contribution in [-0.2, 0) is 5.41 Å². The van der Waals surface area contributed by atoms with Crippen molar-refractivity contribution in [2.75, 3.05) is 0 Å². The van der Waals surface area contributed by atoms with Gasteiger partial charge < -0.3 is 0 Å². The summed E-state index contributed by atoms with van der Waals surface area (Å²) in [6.45, 7) is 4.78. The van der Waals surface area contributed by atoms with E-state index in [2.05, 4.69) is 208 Å². The molecular weight excluding hydrogens is 661 g/mol. The Hall–Kier alpha value is -6.76. The van der Waals surface area contributed by atoms with Gasteiger partial charge in [0.1, 0.15) is 0 Å². The quantitative estimate of drug-likeness (QED) is 0.161. The molecule has 11 rings (SSSR count). The van der Waals surface area contributed by atoms with Gasteiger partial charge in [0.25, 0.3) is 0 Å². The van der Waals surface area contributed by atoms with Gasteiger partial charge in [-0.2, -0.15) is 0 Å². The van der Waals surface area contributed by atoms with Crippen molar-refractivity contribution < 1.29 is 0 Å². The van der Waals surface area contributed by atoms with Crippen molar-refractivity contribution in [1.29, 1.82) is 0 Å². The molecule has 1 aliphatic rings. The molecule has 0 nitrogen and oxygen atoms in total. The predicted octanol–water partition coefficient (Wildman–Crippen LogP) is 15.3. The monoisotopic (exact) mass is 698 g/mol. The molecular formula is C55H38. The largest absolute Gasteiger partial charge is 0.0622 e. The molecule has 0 spiro atoms. The van der Waals surface area contributed by atoms with E-state index in [0.29, 0.717) is 0 Å². The Labute approximate surface area is 322 Å². The van der Waals surface area contributed by atoms with E-state index in [1.165, 1.54) is 110 Å². The molecule has 10 aromatic rings. The summed E-state index contributed by atoms with van der Waals surface area (Å²) < 4.78 is 0. The molecule has 0 aliphatic heterocycles. The zero-order chi connectivity index (χ0) is 36.7. The standard InChI is InChI=1S/C55H38/c1-55(2)51-19-11-10-18-45(51)47-33-49-50(34-52(47)55)54(44-27-25-37-15-7-9-17-41(37)31-44)48-32-42(39-22-20-38(21-23-39)35-12-4-3-5-13-35)28-29-46(48)53(49)43-26-24-36-14-6-8-16-40(36)30-43/h3-34H,1-2H3. The maximum Gasteiger partial charge on any atom is 0.0159 e. The molecule has 10 aromatic carbocycles. The highest BCUT2D eigenvalue weighted by Gasteiger charge is 2.36. The summed E-state index contributed by atoms with van der Waals surface area (Å²) >= 11 is 0. The van der Waals surface area contributed by atoms with Crippen LogP contribution in [0.5, 0.6) is 0 Å². The van der Waals surface area contributed by atoms with Crippen LogP contribution in [0, 0.1) is 0 Å². The lowest BCUT2D eigenvalue weighted by atomic mass is 9.79. The van der Waals surface area contributed by atoms with Gasteiger partial charge in [0.2, 0.25) is 0 Å². The van der Waals surface area contributed by atoms with Crippen molar-refractivity contribution in [3.8, 4) is 55.6 Å². The fourth-order valence-corrected chi connectivity index (χ4v) is 9.40. The highest BCUT2D eigenvalue weighted by Crippen LogP contribution is 2.53. The first-order chi connectivity index (χ1) is 27.0. The Bertz CT molecular complexity index is 3140. The number of hydrogen-bond donors (Lipinski definition) is 0. The molecule has 55 heavy (non-hydrogen) atoms. The SMILES string of the molecule is CC1(C)c2ccccc2-c2cc3c(-c4ccc5ccccc5c4)c4ccc(-c5ccc(-c6ccccc6)cc5)cc4c(-c4ccc5ccccc5c4)c3cc21. The van der Waals surface area contributed by atoms with Gasteiger partial charge in [0.05, 0.1) is 0 Å². The smallest absolute Gasteiger partial charge is 0.0159 e. The van der Waals surface area contributed by atoms with Gasteiger partial charge in [-0.05, 0) is 140 Å². The summed E-state index contributed by atoms with van der Waals surface area (Å²) in [6.07, 6.45) is 0. The fourth-order valence-electron chi connectivity index (χ4n) is 9.40. The summed E-state index contributed by atoms with van der Waals surface area (Å²) in [5, 5.41) is 10.1. The lowest BCUT2D eigenvalue weighted by Gasteiger charge is -2.24. The summed E-state index contributed by atoms with van der Waals surface area (Å²) in [5.41, 5.74) is 15.3. The van der Waals surface area contributed by atoms with Crippen molar-refractivity contribution in [1.82, 2.24) is 0 Å². The van der Waals surface area contributed by atoms with Crippen molar-refractivity contribution in [3.63, 3.8) is 0 Å².